The number of alkyl halides is 4. The Balaban J connectivity index is 1.42. The minimum atomic E-state index is -4.53. The van der Waals surface area contributed by atoms with Crippen LogP contribution in [0.2, 0.25) is 0 Å². The summed E-state index contributed by atoms with van der Waals surface area (Å²) in [6.45, 7) is 1.37. The molecule has 0 aliphatic carbocycles. The van der Waals surface area contributed by atoms with Crippen LogP contribution in [-0.2, 0) is 19.5 Å². The predicted molar refractivity (Wildman–Crippen MR) is 133 cm³/mol. The summed E-state index contributed by atoms with van der Waals surface area (Å²) in [6.07, 6.45) is -4.51. The van der Waals surface area contributed by atoms with Crippen LogP contribution >= 0.6 is 0 Å². The number of likely N-dealkylation sites (tertiary alicyclic amines) is 1. The summed E-state index contributed by atoms with van der Waals surface area (Å²) in [5.41, 5.74) is 1.49. The summed E-state index contributed by atoms with van der Waals surface area (Å²) in [6, 6.07) is 7.44. The van der Waals surface area contributed by atoms with Gasteiger partial charge in [0.05, 0.1) is 29.5 Å². The quantitative estimate of drug-likeness (QED) is 0.315. The van der Waals surface area contributed by atoms with Gasteiger partial charge in [0.25, 0.3) is 5.91 Å². The Bertz CT molecular complexity index is 1460. The smallest absolute Gasteiger partial charge is 0.379 e. The molecule has 0 spiro atoms. The summed E-state index contributed by atoms with van der Waals surface area (Å²) in [4.78, 5) is 18.4. The molecule has 4 aromatic rings. The van der Waals surface area contributed by atoms with Crippen molar-refractivity contribution in [3.05, 3.63) is 47.7 Å². The van der Waals surface area contributed by atoms with Crippen LogP contribution in [-0.4, -0.2) is 69.2 Å². The van der Waals surface area contributed by atoms with Crippen molar-refractivity contribution in [2.45, 2.75) is 51.2 Å². The first-order valence-electron chi connectivity index (χ1n) is 12.5. The Morgan fingerprint density at radius 1 is 1.21 bits per heavy atom. The molecule has 14 heteroatoms. The first-order valence-corrected chi connectivity index (χ1v) is 12.5. The van der Waals surface area contributed by atoms with Crippen molar-refractivity contribution >= 4 is 22.5 Å². The topological polar surface area (TPSA) is 114 Å². The molecule has 0 bridgehead atoms. The van der Waals surface area contributed by atoms with Gasteiger partial charge < -0.3 is 29.1 Å². The number of halogens is 4. The van der Waals surface area contributed by atoms with E-state index in [2.05, 4.69) is 25.9 Å². The average molecular weight is 550 g/mol. The number of anilines is 1. The number of amides is 1. The number of aromatic nitrogens is 4. The fourth-order valence-corrected chi connectivity index (χ4v) is 4.62. The highest BCUT2D eigenvalue weighted by molar-refractivity contribution is 5.96. The van der Waals surface area contributed by atoms with Crippen molar-refractivity contribution in [2.24, 2.45) is 0 Å². The number of hydrogen-bond acceptors (Lipinski definition) is 8. The fraction of sp³-hybridized carbons (Fsp3) is 0.440. The molecule has 1 fully saturated rings. The molecule has 1 saturated heterocycles. The zero-order chi connectivity index (χ0) is 27.7. The zero-order valence-electron chi connectivity index (χ0n) is 21.3. The van der Waals surface area contributed by atoms with Crippen LogP contribution < -0.4 is 10.6 Å². The molecule has 2 atom stereocenters. The van der Waals surface area contributed by atoms with Gasteiger partial charge >= 0.3 is 6.18 Å². The summed E-state index contributed by atoms with van der Waals surface area (Å²) >= 11 is 0. The molecule has 10 nitrogen and oxygen atoms in total. The lowest BCUT2D eigenvalue weighted by molar-refractivity contribution is -0.139. The van der Waals surface area contributed by atoms with E-state index in [4.69, 9.17) is 9.05 Å². The van der Waals surface area contributed by atoms with E-state index in [1.54, 1.807) is 18.2 Å². The summed E-state index contributed by atoms with van der Waals surface area (Å²) in [5, 5.41) is 13.8. The summed E-state index contributed by atoms with van der Waals surface area (Å²) in [7, 11) is 1.84. The van der Waals surface area contributed by atoms with Crippen LogP contribution in [0, 0.1) is 0 Å². The maximum absolute atomic E-state index is 14.7. The molecule has 1 amide bonds. The SMILES string of the molecule is CCc1cc(C(=O)NCc2nc(-c3cc4c(N[C@@H]5CCN(C)C[C@@H]5F)cccc4n3CC(F)(F)F)no2)on1. The zero-order valence-corrected chi connectivity index (χ0v) is 21.3. The number of carbonyl (C=O) groups is 1. The second-order valence-electron chi connectivity index (χ2n) is 9.52. The Labute approximate surface area is 220 Å². The number of nitrogens with one attached hydrogen (secondary N) is 2. The van der Waals surface area contributed by atoms with Gasteiger partial charge in [-0.2, -0.15) is 18.2 Å². The number of rotatable bonds is 8. The lowest BCUT2D eigenvalue weighted by Gasteiger charge is -2.33. The summed E-state index contributed by atoms with van der Waals surface area (Å²) in [5.74, 6) is -0.635. The van der Waals surface area contributed by atoms with Gasteiger partial charge in [-0.05, 0) is 38.1 Å². The number of hydrogen-bond donors (Lipinski definition) is 2. The first kappa shape index (κ1) is 26.7. The highest BCUT2D eigenvalue weighted by Crippen LogP contribution is 2.35. The number of fused-ring (bicyclic) bond motifs is 1. The van der Waals surface area contributed by atoms with E-state index in [-0.39, 0.29) is 41.8 Å². The van der Waals surface area contributed by atoms with Crippen molar-refractivity contribution in [2.75, 3.05) is 25.5 Å². The van der Waals surface area contributed by atoms with Crippen LogP contribution in [0.3, 0.4) is 0 Å². The van der Waals surface area contributed by atoms with Gasteiger partial charge in [0.2, 0.25) is 17.5 Å². The highest BCUT2D eigenvalue weighted by Gasteiger charge is 2.32. The molecular weight excluding hydrogens is 522 g/mol. The molecule has 1 aliphatic heterocycles. The van der Waals surface area contributed by atoms with E-state index in [1.807, 2.05) is 18.9 Å². The molecule has 39 heavy (non-hydrogen) atoms. The molecule has 2 N–H and O–H groups in total. The van der Waals surface area contributed by atoms with Crippen molar-refractivity contribution in [3.8, 4) is 11.5 Å². The standard InChI is InChI=1S/C25H27F4N7O3/c1-3-14-9-21(38-33-14)24(37)30-11-22-32-23(34-39-22)20-10-15-17(31-18-7-8-35(2)12-16(18)26)5-4-6-19(15)36(20)13-25(27,28)29/h4-6,9-10,16,18,31H,3,7-8,11-13H2,1-2H3,(H,30,37)/t16-,18+/m0/s1. The average Bonchev–Trinajstić information content (AvgIpc) is 3.63. The van der Waals surface area contributed by atoms with Crippen LogP contribution in [0.5, 0.6) is 0 Å². The second kappa shape index (κ2) is 10.7. The lowest BCUT2D eigenvalue weighted by atomic mass is 10.0. The van der Waals surface area contributed by atoms with Gasteiger partial charge in [0, 0.05) is 30.2 Å². The normalized spacial score (nSPS) is 18.5. The van der Waals surface area contributed by atoms with Crippen LogP contribution in [0.1, 0.15) is 35.5 Å². The van der Waals surface area contributed by atoms with Gasteiger partial charge in [0.15, 0.2) is 0 Å². The largest absolute Gasteiger partial charge is 0.406 e. The lowest BCUT2D eigenvalue weighted by Crippen LogP contribution is -2.46. The van der Waals surface area contributed by atoms with Crippen molar-refractivity contribution < 1.29 is 31.4 Å². The number of nitrogens with zero attached hydrogens (tertiary/aromatic N) is 5. The number of benzene rings is 1. The minimum Gasteiger partial charge on any atom is -0.379 e. The third kappa shape index (κ3) is 5.90. The van der Waals surface area contributed by atoms with Crippen LogP contribution in [0.25, 0.3) is 22.4 Å². The van der Waals surface area contributed by atoms with Crippen molar-refractivity contribution in [1.29, 1.82) is 0 Å². The minimum absolute atomic E-state index is 0.0112. The van der Waals surface area contributed by atoms with Gasteiger partial charge in [-0.3, -0.25) is 4.79 Å². The molecule has 208 valence electrons. The second-order valence-corrected chi connectivity index (χ2v) is 9.52. The number of piperidine rings is 1. The monoisotopic (exact) mass is 549 g/mol. The molecule has 5 rings (SSSR count). The fourth-order valence-electron chi connectivity index (χ4n) is 4.62. The molecule has 0 unspecified atom stereocenters. The van der Waals surface area contributed by atoms with Crippen LogP contribution in [0.4, 0.5) is 23.2 Å². The van der Waals surface area contributed by atoms with Gasteiger partial charge in [-0.15, -0.1) is 0 Å². The molecule has 1 aromatic carbocycles. The first-order chi connectivity index (χ1) is 18.6. The Morgan fingerprint density at radius 3 is 2.74 bits per heavy atom. The molecule has 0 radical (unpaired) electrons. The molecular formula is C25H27F4N7O3. The third-order valence-corrected chi connectivity index (χ3v) is 6.61. The maximum atomic E-state index is 14.7. The van der Waals surface area contributed by atoms with Crippen LogP contribution in [0.15, 0.2) is 39.4 Å². The van der Waals surface area contributed by atoms with Crippen molar-refractivity contribution in [1.82, 2.24) is 30.1 Å². The highest BCUT2D eigenvalue weighted by atomic mass is 19.4. The molecule has 1 aliphatic rings. The van der Waals surface area contributed by atoms with E-state index in [0.717, 1.165) is 4.57 Å². The molecule has 0 saturated carbocycles. The van der Waals surface area contributed by atoms with E-state index in [9.17, 15) is 22.4 Å². The van der Waals surface area contributed by atoms with Gasteiger partial charge in [-0.1, -0.05) is 23.3 Å². The van der Waals surface area contributed by atoms with E-state index < -0.39 is 30.8 Å². The Hall–Kier alpha value is -3.94. The Kier molecular flexibility index (Phi) is 7.30. The third-order valence-electron chi connectivity index (χ3n) is 6.61. The summed E-state index contributed by atoms with van der Waals surface area (Å²) < 4.78 is 66.7. The number of carbonyl (C=O) groups excluding carboxylic acids is 1. The molecule has 4 heterocycles. The predicted octanol–water partition coefficient (Wildman–Crippen LogP) is 4.19. The van der Waals surface area contributed by atoms with Gasteiger partial charge in [0.1, 0.15) is 12.7 Å². The van der Waals surface area contributed by atoms with E-state index in [1.165, 1.54) is 12.1 Å². The number of aryl methyl sites for hydroxylation is 1. The maximum Gasteiger partial charge on any atom is 0.406 e. The van der Waals surface area contributed by atoms with Crippen molar-refractivity contribution in [3.63, 3.8) is 0 Å². The Morgan fingerprint density at radius 2 is 2.03 bits per heavy atom. The van der Waals surface area contributed by atoms with E-state index >= 15 is 0 Å². The van der Waals surface area contributed by atoms with Gasteiger partial charge in [-0.25, -0.2) is 4.39 Å². The van der Waals surface area contributed by atoms with E-state index in [0.29, 0.717) is 36.2 Å². The molecule has 3 aromatic heterocycles.